The Bertz CT molecular complexity index is 424. The molecule has 0 aliphatic heterocycles. The van der Waals surface area contributed by atoms with E-state index in [0.29, 0.717) is 0 Å². The lowest BCUT2D eigenvalue weighted by Crippen LogP contribution is -2.23. The predicted octanol–water partition coefficient (Wildman–Crippen LogP) is 1.22. The van der Waals surface area contributed by atoms with Gasteiger partial charge in [-0.2, -0.15) is 13.2 Å². The summed E-state index contributed by atoms with van der Waals surface area (Å²) in [6, 6.07) is 0. The van der Waals surface area contributed by atoms with Crippen LogP contribution in [0.5, 0.6) is 0 Å². The van der Waals surface area contributed by atoms with E-state index in [2.05, 4.69) is 24.0 Å². The van der Waals surface area contributed by atoms with Crippen LogP contribution in [0.3, 0.4) is 0 Å². The third-order valence-electron chi connectivity index (χ3n) is 1.49. The number of imidazole rings is 1. The fourth-order valence-electron chi connectivity index (χ4n) is 0.689. The Morgan fingerprint density at radius 1 is 1.44 bits per heavy atom. The zero-order valence-corrected chi connectivity index (χ0v) is 9.51. The van der Waals surface area contributed by atoms with E-state index < -0.39 is 15.5 Å². The van der Waals surface area contributed by atoms with Crippen LogP contribution in [-0.2, 0) is 23.6 Å². The normalized spacial score (nSPS) is 11.9. The molecule has 94 valence electrons. The van der Waals surface area contributed by atoms with Crippen molar-refractivity contribution in [3.63, 3.8) is 0 Å². The van der Waals surface area contributed by atoms with E-state index >= 15 is 0 Å². The molecule has 0 spiro atoms. The first-order valence-corrected chi connectivity index (χ1v) is 5.63. The fourth-order valence-corrected chi connectivity index (χ4v) is 0.689. The summed E-state index contributed by atoms with van der Waals surface area (Å²) in [4.78, 5) is 0. The van der Waals surface area contributed by atoms with Gasteiger partial charge >= 0.3 is 5.51 Å². The quantitative estimate of drug-likeness (QED) is 0.712. The second-order valence-corrected chi connectivity index (χ2v) is 4.33. The van der Waals surface area contributed by atoms with Crippen LogP contribution in [0.15, 0.2) is 18.7 Å². The highest BCUT2D eigenvalue weighted by atomic mass is 32.2. The number of nitrogens with one attached hydrogen (secondary N) is 1. The summed E-state index contributed by atoms with van der Waals surface area (Å²) in [5.41, 5.74) is -5.42. The fraction of sp³-hybridized carbons (Fsp3) is 0.571. The van der Waals surface area contributed by atoms with Gasteiger partial charge in [0.25, 0.3) is 0 Å². The zero-order chi connectivity index (χ0) is 13.0. The molecule has 16 heavy (non-hydrogen) atoms. The number of hydrogen-bond acceptors (Lipinski definition) is 2. The van der Waals surface area contributed by atoms with Gasteiger partial charge in [0.15, 0.2) is 10.0 Å². The molecule has 0 aliphatic carbocycles. The van der Waals surface area contributed by atoms with Crippen molar-refractivity contribution in [1.82, 2.24) is 4.57 Å². The molecular formula is C7H12F3N3O2S. The molecule has 0 unspecified atom stereocenters. The summed E-state index contributed by atoms with van der Waals surface area (Å²) in [5.74, 6) is 0. The molecule has 0 radical (unpaired) electrons. The maximum absolute atomic E-state index is 10.8. The van der Waals surface area contributed by atoms with Gasteiger partial charge in [-0.05, 0) is 6.92 Å². The third-order valence-corrected chi connectivity index (χ3v) is 2.10. The van der Waals surface area contributed by atoms with E-state index in [4.69, 9.17) is 5.14 Å². The average Bonchev–Trinajstić information content (AvgIpc) is 2.48. The number of nitrogens with zero attached hydrogens (tertiary/aromatic N) is 2. The van der Waals surface area contributed by atoms with Gasteiger partial charge in [-0.15, -0.1) is 0 Å². The second-order valence-electron chi connectivity index (χ2n) is 2.86. The molecule has 5 nitrogen and oxygen atoms in total. The molecule has 0 atom stereocenters. The molecule has 0 amide bonds. The predicted molar refractivity (Wildman–Crippen MR) is 50.6 cm³/mol. The van der Waals surface area contributed by atoms with Crippen LogP contribution in [0.25, 0.3) is 5.14 Å². The van der Waals surface area contributed by atoms with E-state index in [1.165, 1.54) is 0 Å². The highest BCUT2D eigenvalue weighted by molar-refractivity contribution is 7.93. The van der Waals surface area contributed by atoms with Gasteiger partial charge in [0, 0.05) is 0 Å². The Hall–Kier alpha value is -1.09. The Morgan fingerprint density at radius 3 is 2.00 bits per heavy atom. The minimum absolute atomic E-state index is 1.06. The van der Waals surface area contributed by atoms with E-state index in [-0.39, 0.29) is 0 Å². The molecule has 1 aromatic heterocycles. The van der Waals surface area contributed by atoms with E-state index in [1.807, 2.05) is 17.8 Å². The molecule has 1 rings (SSSR count). The van der Waals surface area contributed by atoms with Gasteiger partial charge in [-0.1, -0.05) is 0 Å². The second kappa shape index (κ2) is 5.30. The third kappa shape index (κ3) is 5.12. The monoisotopic (exact) mass is 259 g/mol. The summed E-state index contributed by atoms with van der Waals surface area (Å²) in [6.07, 6.45) is 6.14. The van der Waals surface area contributed by atoms with Gasteiger partial charge < -0.3 is 5.14 Å². The molecule has 0 saturated heterocycles. The molecule has 1 heterocycles. The minimum Gasteiger partial charge on any atom is -0.556 e. The van der Waals surface area contributed by atoms with Crippen molar-refractivity contribution >= 4 is 10.0 Å². The highest BCUT2D eigenvalue weighted by Gasteiger charge is 2.36. The van der Waals surface area contributed by atoms with Gasteiger partial charge in [-0.25, -0.2) is 17.6 Å². The van der Waals surface area contributed by atoms with Crippen molar-refractivity contribution in [2.75, 3.05) is 0 Å². The summed E-state index contributed by atoms with van der Waals surface area (Å²) in [7, 11) is -3.57. The Labute approximate surface area is 91.3 Å². The summed E-state index contributed by atoms with van der Waals surface area (Å²) < 4.78 is 54.9. The van der Waals surface area contributed by atoms with Crippen LogP contribution >= 0.6 is 0 Å². The minimum atomic E-state index is -5.59. The van der Waals surface area contributed by atoms with Crippen molar-refractivity contribution in [3.05, 3.63) is 23.9 Å². The van der Waals surface area contributed by atoms with Crippen molar-refractivity contribution < 1.29 is 26.2 Å². The number of rotatable bonds is 1. The number of alkyl halides is 3. The maximum Gasteiger partial charge on any atom is 0.479 e. The molecule has 1 N–H and O–H groups in total. The molecule has 0 saturated carbocycles. The summed E-state index contributed by atoms with van der Waals surface area (Å²) in [5, 5.41) is 5.43. The lowest BCUT2D eigenvalue weighted by Gasteiger charge is -2.07. The van der Waals surface area contributed by atoms with E-state index in [1.54, 1.807) is 0 Å². The number of aromatic nitrogens is 2. The summed E-state index contributed by atoms with van der Waals surface area (Å²) in [6.45, 7) is 3.18. The van der Waals surface area contributed by atoms with Crippen LogP contribution in [0.1, 0.15) is 6.92 Å². The van der Waals surface area contributed by atoms with Gasteiger partial charge in [-0.3, -0.25) is 0 Å². The molecular weight excluding hydrogens is 247 g/mol. The first kappa shape index (κ1) is 14.9. The van der Waals surface area contributed by atoms with Crippen molar-refractivity contribution in [2.24, 2.45) is 7.05 Å². The van der Waals surface area contributed by atoms with Crippen LogP contribution in [-0.4, -0.2) is 18.5 Å². The molecule has 0 bridgehead atoms. The smallest absolute Gasteiger partial charge is 0.479 e. The maximum atomic E-state index is 10.8. The van der Waals surface area contributed by atoms with Crippen molar-refractivity contribution in [1.29, 1.82) is 0 Å². The Morgan fingerprint density at radius 2 is 1.88 bits per heavy atom. The van der Waals surface area contributed by atoms with Crippen molar-refractivity contribution in [2.45, 2.75) is 19.0 Å². The Kier molecular flexibility index (Phi) is 4.94. The van der Waals surface area contributed by atoms with Crippen LogP contribution in [0.2, 0.25) is 0 Å². The highest BCUT2D eigenvalue weighted by Crippen LogP contribution is 2.22. The van der Waals surface area contributed by atoms with E-state index in [9.17, 15) is 21.6 Å². The first-order chi connectivity index (χ1) is 7.08. The zero-order valence-electron chi connectivity index (χ0n) is 8.69. The summed E-state index contributed by atoms with van der Waals surface area (Å²) >= 11 is 0. The topological polar surface area (TPSA) is 66.8 Å². The molecule has 9 heteroatoms. The van der Waals surface area contributed by atoms with Gasteiger partial charge in [0.1, 0.15) is 12.4 Å². The van der Waals surface area contributed by atoms with Crippen LogP contribution in [0, 0.1) is 0 Å². The number of aryl methyl sites for hydroxylation is 2. The molecule has 0 aromatic carbocycles. The van der Waals surface area contributed by atoms with Crippen LogP contribution < -0.4 is 4.57 Å². The lowest BCUT2D eigenvalue weighted by atomic mass is 10.7. The van der Waals surface area contributed by atoms with Crippen LogP contribution in [0.4, 0.5) is 13.2 Å². The Balaban J connectivity index is 0.000000281. The largest absolute Gasteiger partial charge is 0.556 e. The van der Waals surface area contributed by atoms with E-state index in [0.717, 1.165) is 6.54 Å². The molecule has 0 fully saturated rings. The standard InChI is InChI=1S/C6H11N2.CHF3NO2S/c1-3-8-5-4-7(2)6-8;2-1(3,4)8(5,6)7/h4-6H,3H2,1-2H3;(H-,5,6,7)/q+1;-1. The number of halogens is 3. The number of hydrogen-bond donors (Lipinski definition) is 0. The van der Waals surface area contributed by atoms with Crippen molar-refractivity contribution in [3.8, 4) is 0 Å². The van der Waals surface area contributed by atoms with Gasteiger partial charge in [0.2, 0.25) is 6.33 Å². The first-order valence-electron chi connectivity index (χ1n) is 4.15. The lowest BCUT2D eigenvalue weighted by molar-refractivity contribution is -0.671. The number of sulfonamides is 1. The molecule has 0 aliphatic rings. The van der Waals surface area contributed by atoms with Gasteiger partial charge in [0.05, 0.1) is 13.6 Å². The molecule has 1 aromatic rings. The average molecular weight is 259 g/mol. The SMILES string of the molecule is CCn1cc[n+](C)c1.[NH-]S(=O)(=O)C(F)(F)F.